The van der Waals surface area contributed by atoms with Crippen LogP contribution in [-0.4, -0.2) is 29.9 Å². The summed E-state index contributed by atoms with van der Waals surface area (Å²) in [6.45, 7) is 1.87. The van der Waals surface area contributed by atoms with Crippen molar-refractivity contribution < 1.29 is 4.79 Å². The summed E-state index contributed by atoms with van der Waals surface area (Å²) in [5, 5.41) is 0. The Balaban J connectivity index is 2.96. The van der Waals surface area contributed by atoms with Crippen molar-refractivity contribution in [2.45, 2.75) is 6.92 Å². The molecule has 0 N–H and O–H groups in total. The van der Waals surface area contributed by atoms with Crippen molar-refractivity contribution in [2.24, 2.45) is 0 Å². The summed E-state index contributed by atoms with van der Waals surface area (Å²) in [6, 6.07) is 3.50. The molecule has 1 aromatic heterocycles. The molecule has 0 aliphatic carbocycles. The monoisotopic (exact) mass is 164 g/mol. The van der Waals surface area contributed by atoms with Gasteiger partial charge in [-0.15, -0.1) is 0 Å². The van der Waals surface area contributed by atoms with Gasteiger partial charge in [0.15, 0.2) is 0 Å². The van der Waals surface area contributed by atoms with E-state index in [1.54, 1.807) is 37.3 Å². The Bertz CT molecular complexity index is 294. The second kappa shape index (κ2) is 3.34. The minimum absolute atomic E-state index is 0.0144. The zero-order valence-corrected chi connectivity index (χ0v) is 7.53. The van der Waals surface area contributed by atoms with Crippen LogP contribution in [0.25, 0.3) is 0 Å². The topological polar surface area (TPSA) is 33.2 Å². The van der Waals surface area contributed by atoms with Gasteiger partial charge >= 0.3 is 0 Å². The van der Waals surface area contributed by atoms with Gasteiger partial charge < -0.3 is 4.90 Å². The lowest BCUT2D eigenvalue weighted by molar-refractivity contribution is 0.0827. The Kier molecular flexibility index (Phi) is 2.43. The maximum Gasteiger partial charge on any atom is 0.253 e. The molecule has 0 atom stereocenters. The van der Waals surface area contributed by atoms with E-state index in [0.29, 0.717) is 5.56 Å². The van der Waals surface area contributed by atoms with E-state index in [1.807, 2.05) is 6.92 Å². The van der Waals surface area contributed by atoms with Crippen molar-refractivity contribution in [2.75, 3.05) is 14.1 Å². The SMILES string of the molecule is Cc1cc(C(=O)N(C)C)ccn1. The summed E-state index contributed by atoms with van der Waals surface area (Å²) in [5.41, 5.74) is 1.55. The number of aromatic nitrogens is 1. The first-order valence-electron chi connectivity index (χ1n) is 3.75. The molecule has 3 nitrogen and oxygen atoms in total. The number of hydrogen-bond acceptors (Lipinski definition) is 2. The van der Waals surface area contributed by atoms with Crippen LogP contribution in [-0.2, 0) is 0 Å². The Morgan fingerprint density at radius 1 is 1.50 bits per heavy atom. The molecule has 12 heavy (non-hydrogen) atoms. The van der Waals surface area contributed by atoms with E-state index in [9.17, 15) is 4.79 Å². The number of carbonyl (C=O) groups excluding carboxylic acids is 1. The molecule has 0 aromatic carbocycles. The average Bonchev–Trinajstić information content (AvgIpc) is 2.03. The van der Waals surface area contributed by atoms with Crippen molar-refractivity contribution >= 4 is 5.91 Å². The standard InChI is InChI=1S/C9H12N2O/c1-7-6-8(4-5-10-7)9(12)11(2)3/h4-6H,1-3H3. The largest absolute Gasteiger partial charge is 0.345 e. The summed E-state index contributed by atoms with van der Waals surface area (Å²) in [7, 11) is 3.47. The summed E-state index contributed by atoms with van der Waals surface area (Å²) in [5.74, 6) is 0.0144. The lowest BCUT2D eigenvalue weighted by atomic mass is 10.2. The molecule has 64 valence electrons. The van der Waals surface area contributed by atoms with Crippen LogP contribution in [0.15, 0.2) is 18.3 Å². The van der Waals surface area contributed by atoms with Crippen molar-refractivity contribution in [3.05, 3.63) is 29.6 Å². The van der Waals surface area contributed by atoms with Crippen molar-refractivity contribution in [1.82, 2.24) is 9.88 Å². The molecule has 0 saturated heterocycles. The molecule has 1 rings (SSSR count). The molecule has 0 spiro atoms. The Morgan fingerprint density at radius 3 is 2.67 bits per heavy atom. The lowest BCUT2D eigenvalue weighted by Gasteiger charge is -2.09. The van der Waals surface area contributed by atoms with Crippen molar-refractivity contribution in [1.29, 1.82) is 0 Å². The van der Waals surface area contributed by atoms with E-state index in [0.717, 1.165) is 5.69 Å². The maximum atomic E-state index is 11.4. The lowest BCUT2D eigenvalue weighted by Crippen LogP contribution is -2.21. The van der Waals surface area contributed by atoms with E-state index < -0.39 is 0 Å². The molecule has 0 aliphatic rings. The Hall–Kier alpha value is -1.38. The molecule has 0 saturated carbocycles. The molecule has 1 aromatic rings. The molecule has 0 fully saturated rings. The minimum Gasteiger partial charge on any atom is -0.345 e. The fourth-order valence-corrected chi connectivity index (χ4v) is 0.937. The molecule has 1 amide bonds. The third-order valence-corrected chi connectivity index (χ3v) is 1.55. The van der Waals surface area contributed by atoms with Crippen molar-refractivity contribution in [3.8, 4) is 0 Å². The number of nitrogens with zero attached hydrogens (tertiary/aromatic N) is 2. The van der Waals surface area contributed by atoms with Gasteiger partial charge in [-0.2, -0.15) is 0 Å². The van der Waals surface area contributed by atoms with Crippen LogP contribution in [0.5, 0.6) is 0 Å². The van der Waals surface area contributed by atoms with E-state index in [4.69, 9.17) is 0 Å². The molecule has 0 unspecified atom stereocenters. The highest BCUT2D eigenvalue weighted by molar-refractivity contribution is 5.93. The first-order chi connectivity index (χ1) is 5.61. The van der Waals surface area contributed by atoms with Gasteiger partial charge in [0.2, 0.25) is 0 Å². The summed E-state index contributed by atoms with van der Waals surface area (Å²) >= 11 is 0. The molecule has 0 aliphatic heterocycles. The van der Waals surface area contributed by atoms with Crippen LogP contribution in [0.2, 0.25) is 0 Å². The van der Waals surface area contributed by atoms with Crippen LogP contribution in [0.1, 0.15) is 16.1 Å². The summed E-state index contributed by atoms with van der Waals surface area (Å²) in [4.78, 5) is 17.0. The number of aryl methyl sites for hydroxylation is 1. The predicted molar refractivity (Wildman–Crippen MR) is 47.0 cm³/mol. The second-order valence-electron chi connectivity index (χ2n) is 2.89. The van der Waals surface area contributed by atoms with Gasteiger partial charge in [0.25, 0.3) is 5.91 Å². The molecule has 0 radical (unpaired) electrons. The zero-order valence-electron chi connectivity index (χ0n) is 7.53. The van der Waals surface area contributed by atoms with Gasteiger partial charge in [0, 0.05) is 31.5 Å². The van der Waals surface area contributed by atoms with Crippen LogP contribution in [0, 0.1) is 6.92 Å². The first-order valence-corrected chi connectivity index (χ1v) is 3.75. The van der Waals surface area contributed by atoms with Crippen LogP contribution in [0.4, 0.5) is 0 Å². The van der Waals surface area contributed by atoms with E-state index in [1.165, 1.54) is 0 Å². The van der Waals surface area contributed by atoms with Gasteiger partial charge in [0.05, 0.1) is 0 Å². The van der Waals surface area contributed by atoms with Gasteiger partial charge in [-0.3, -0.25) is 9.78 Å². The molecular formula is C9H12N2O. The minimum atomic E-state index is 0.0144. The molecule has 3 heteroatoms. The van der Waals surface area contributed by atoms with Crippen LogP contribution >= 0.6 is 0 Å². The quantitative estimate of drug-likeness (QED) is 0.622. The first kappa shape index (κ1) is 8.71. The van der Waals surface area contributed by atoms with E-state index in [-0.39, 0.29) is 5.91 Å². The summed E-state index contributed by atoms with van der Waals surface area (Å²) in [6.07, 6.45) is 1.64. The van der Waals surface area contributed by atoms with E-state index in [2.05, 4.69) is 4.98 Å². The fourth-order valence-electron chi connectivity index (χ4n) is 0.937. The molecular weight excluding hydrogens is 152 g/mol. The van der Waals surface area contributed by atoms with Crippen LogP contribution < -0.4 is 0 Å². The Labute approximate surface area is 72.0 Å². The predicted octanol–water partition coefficient (Wildman–Crippen LogP) is 1.09. The third-order valence-electron chi connectivity index (χ3n) is 1.55. The number of pyridine rings is 1. The van der Waals surface area contributed by atoms with E-state index >= 15 is 0 Å². The molecule has 1 heterocycles. The number of rotatable bonds is 1. The van der Waals surface area contributed by atoms with Gasteiger partial charge in [-0.25, -0.2) is 0 Å². The molecule has 0 bridgehead atoms. The fraction of sp³-hybridized carbons (Fsp3) is 0.333. The number of hydrogen-bond donors (Lipinski definition) is 0. The number of amides is 1. The smallest absolute Gasteiger partial charge is 0.253 e. The van der Waals surface area contributed by atoms with Crippen LogP contribution in [0.3, 0.4) is 0 Å². The average molecular weight is 164 g/mol. The summed E-state index contributed by atoms with van der Waals surface area (Å²) < 4.78 is 0. The van der Waals surface area contributed by atoms with Gasteiger partial charge in [0.1, 0.15) is 0 Å². The third kappa shape index (κ3) is 1.81. The Morgan fingerprint density at radius 2 is 2.17 bits per heavy atom. The highest BCUT2D eigenvalue weighted by Gasteiger charge is 2.06. The zero-order chi connectivity index (χ0) is 9.14. The normalized spacial score (nSPS) is 9.58. The maximum absolute atomic E-state index is 11.4. The highest BCUT2D eigenvalue weighted by atomic mass is 16.2. The van der Waals surface area contributed by atoms with Crippen molar-refractivity contribution in [3.63, 3.8) is 0 Å². The highest BCUT2D eigenvalue weighted by Crippen LogP contribution is 2.02. The number of carbonyl (C=O) groups is 1. The second-order valence-corrected chi connectivity index (χ2v) is 2.89. The van der Waals surface area contributed by atoms with Gasteiger partial charge in [-0.1, -0.05) is 0 Å². The van der Waals surface area contributed by atoms with Gasteiger partial charge in [-0.05, 0) is 19.1 Å².